The third-order valence-electron chi connectivity index (χ3n) is 2.92. The number of benzene rings is 2. The smallest absolute Gasteiger partial charge is 0.270 e. The summed E-state index contributed by atoms with van der Waals surface area (Å²) in [6.45, 7) is 0. The molecule has 2 aromatic carbocycles. The van der Waals surface area contributed by atoms with Crippen molar-refractivity contribution in [2.24, 2.45) is 0 Å². The Hall–Kier alpha value is -2.50. The molecule has 0 saturated carbocycles. The van der Waals surface area contributed by atoms with Gasteiger partial charge in [0.2, 0.25) is 10.0 Å². The van der Waals surface area contributed by atoms with Gasteiger partial charge in [0, 0.05) is 18.2 Å². The van der Waals surface area contributed by atoms with Crippen LogP contribution in [-0.2, 0) is 20.0 Å². The Morgan fingerprint density at radius 3 is 2.42 bits per heavy atom. The van der Waals surface area contributed by atoms with Crippen LogP contribution >= 0.6 is 0 Å². The van der Waals surface area contributed by atoms with Gasteiger partial charge in [-0.1, -0.05) is 6.07 Å². The van der Waals surface area contributed by atoms with E-state index in [-0.39, 0.29) is 10.6 Å². The highest BCUT2D eigenvalue weighted by atomic mass is 32.2. The van der Waals surface area contributed by atoms with Crippen LogP contribution in [0.15, 0.2) is 52.3 Å². The molecule has 0 aliphatic heterocycles. The van der Waals surface area contributed by atoms with Crippen molar-refractivity contribution in [3.05, 3.63) is 58.6 Å². The molecule has 0 amide bonds. The molecule has 0 atom stereocenters. The Bertz CT molecular complexity index is 986. The van der Waals surface area contributed by atoms with Gasteiger partial charge in [0.1, 0.15) is 4.90 Å². The van der Waals surface area contributed by atoms with Crippen LogP contribution in [0.25, 0.3) is 0 Å². The van der Waals surface area contributed by atoms with Crippen molar-refractivity contribution in [2.45, 2.75) is 9.79 Å². The fourth-order valence-corrected chi connectivity index (χ4v) is 3.58. The highest BCUT2D eigenvalue weighted by Gasteiger charge is 2.19. The first-order valence-electron chi connectivity index (χ1n) is 6.38. The normalized spacial score (nSPS) is 11.9. The molecule has 0 heterocycles. The molecule has 127 valence electrons. The average molecular weight is 370 g/mol. The highest BCUT2D eigenvalue weighted by molar-refractivity contribution is 7.92. The van der Waals surface area contributed by atoms with Gasteiger partial charge >= 0.3 is 0 Å². The minimum Gasteiger partial charge on any atom is -0.280 e. The summed E-state index contributed by atoms with van der Waals surface area (Å²) in [6, 6.07) is 10.6. The lowest BCUT2D eigenvalue weighted by atomic mass is 10.3. The summed E-state index contributed by atoms with van der Waals surface area (Å²) in [5.74, 6) is 0. The van der Waals surface area contributed by atoms with Crippen LogP contribution in [0, 0.1) is 16.2 Å². The van der Waals surface area contributed by atoms with Gasteiger partial charge < -0.3 is 0 Å². The highest BCUT2D eigenvalue weighted by Crippen LogP contribution is 2.21. The maximum atomic E-state index is 12.3. The first kappa shape index (κ1) is 17.8. The van der Waals surface area contributed by atoms with E-state index in [4.69, 9.17) is 0 Å². The van der Waals surface area contributed by atoms with E-state index in [0.717, 1.165) is 24.3 Å². The molecule has 0 aromatic heterocycles. The lowest BCUT2D eigenvalue weighted by Gasteiger charge is -2.09. The van der Waals surface area contributed by atoms with Crippen molar-refractivity contribution in [3.8, 4) is 0 Å². The van der Waals surface area contributed by atoms with E-state index in [2.05, 4.69) is 15.5 Å². The lowest BCUT2D eigenvalue weighted by Crippen LogP contribution is -2.19. The van der Waals surface area contributed by atoms with Crippen LogP contribution in [-0.4, -0.2) is 28.8 Å². The minimum absolute atomic E-state index is 0.00812. The number of non-ortho nitro benzene ring substituents is 1. The van der Waals surface area contributed by atoms with E-state index in [1.807, 2.05) is 0 Å². The summed E-state index contributed by atoms with van der Waals surface area (Å²) >= 11 is 0. The Balaban J connectivity index is 2.38. The number of sulfonamides is 2. The summed E-state index contributed by atoms with van der Waals surface area (Å²) in [7, 11) is -6.68. The van der Waals surface area contributed by atoms with E-state index < -0.39 is 35.6 Å². The predicted molar refractivity (Wildman–Crippen MR) is 85.4 cm³/mol. The second kappa shape index (κ2) is 6.55. The molecule has 0 saturated heterocycles. The standard InChI is InChI=1S/C13H12N3O6S2/c1-14-23(19,20)12-6-2-4-10(8-12)15-24(21,22)13-7-3-5-11(9-13)16(17)18/h2-6,8-9,14-15H,1H3. The van der Waals surface area contributed by atoms with Crippen LogP contribution in [0.5, 0.6) is 0 Å². The Kier molecular flexibility index (Phi) is 4.87. The van der Waals surface area contributed by atoms with Crippen molar-refractivity contribution in [1.29, 1.82) is 0 Å². The number of hydrogen-bond donors (Lipinski definition) is 2. The second-order valence-corrected chi connectivity index (χ2v) is 8.05. The Morgan fingerprint density at radius 2 is 1.79 bits per heavy atom. The first-order chi connectivity index (χ1) is 11.2. The number of nitrogens with one attached hydrogen (secondary N) is 2. The molecule has 0 fully saturated rings. The molecule has 9 nitrogen and oxygen atoms in total. The molecule has 0 spiro atoms. The molecule has 24 heavy (non-hydrogen) atoms. The first-order valence-corrected chi connectivity index (χ1v) is 9.35. The van der Waals surface area contributed by atoms with Crippen LogP contribution in [0.1, 0.15) is 0 Å². The maximum absolute atomic E-state index is 12.3. The fourth-order valence-electron chi connectivity index (χ4n) is 1.76. The summed E-state index contributed by atoms with van der Waals surface area (Å²) in [6.07, 6.45) is 0. The molecular formula is C13H12N3O6S2. The van der Waals surface area contributed by atoms with E-state index in [1.165, 1.54) is 25.2 Å². The summed E-state index contributed by atoms with van der Waals surface area (Å²) in [5, 5.41) is 10.7. The minimum atomic E-state index is -4.16. The molecule has 1 radical (unpaired) electrons. The lowest BCUT2D eigenvalue weighted by molar-refractivity contribution is -0.385. The van der Waals surface area contributed by atoms with Gasteiger partial charge in [0.15, 0.2) is 0 Å². The number of nitro groups is 1. The third kappa shape index (κ3) is 3.88. The van der Waals surface area contributed by atoms with Crippen molar-refractivity contribution < 1.29 is 21.8 Å². The van der Waals surface area contributed by atoms with Gasteiger partial charge in [-0.25, -0.2) is 21.6 Å². The van der Waals surface area contributed by atoms with Gasteiger partial charge in [-0.15, -0.1) is 0 Å². The Morgan fingerprint density at radius 1 is 1.08 bits per heavy atom. The van der Waals surface area contributed by atoms with Crippen molar-refractivity contribution in [3.63, 3.8) is 0 Å². The van der Waals surface area contributed by atoms with Crippen LogP contribution < -0.4 is 9.44 Å². The van der Waals surface area contributed by atoms with Crippen LogP contribution in [0.3, 0.4) is 0 Å². The maximum Gasteiger partial charge on any atom is 0.270 e. The zero-order valence-electron chi connectivity index (χ0n) is 12.3. The van der Waals surface area contributed by atoms with E-state index in [0.29, 0.717) is 0 Å². The van der Waals surface area contributed by atoms with Crippen molar-refractivity contribution in [2.75, 3.05) is 11.8 Å². The van der Waals surface area contributed by atoms with Crippen LogP contribution in [0.2, 0.25) is 0 Å². The topological polar surface area (TPSA) is 135 Å². The molecule has 0 unspecified atom stereocenters. The molecular weight excluding hydrogens is 358 g/mol. The molecule has 11 heteroatoms. The molecule has 2 aromatic rings. The summed E-state index contributed by atoms with van der Waals surface area (Å²) in [4.78, 5) is 9.44. The van der Waals surface area contributed by atoms with Gasteiger partial charge in [-0.05, 0) is 31.3 Å². The largest absolute Gasteiger partial charge is 0.280 e. The number of anilines is 1. The van der Waals surface area contributed by atoms with E-state index in [9.17, 15) is 26.9 Å². The zero-order valence-corrected chi connectivity index (χ0v) is 13.9. The number of nitrogens with zero attached hydrogens (tertiary/aromatic N) is 1. The molecule has 0 aliphatic rings. The zero-order chi connectivity index (χ0) is 18.0. The molecule has 0 aliphatic carbocycles. The number of nitro benzene ring substituents is 1. The predicted octanol–water partition coefficient (Wildman–Crippen LogP) is 1.10. The molecule has 2 rings (SSSR count). The van der Waals surface area contributed by atoms with E-state index in [1.54, 1.807) is 0 Å². The SMILES string of the molecule is CNS(=O)(=O)c1cccc(NS(=O)(=O)c2[c]ccc([N+](=O)[O-])c2)c1. The average Bonchev–Trinajstić information content (AvgIpc) is 2.55. The summed E-state index contributed by atoms with van der Waals surface area (Å²) < 4.78 is 52.3. The van der Waals surface area contributed by atoms with Crippen LogP contribution in [0.4, 0.5) is 11.4 Å². The second-order valence-electron chi connectivity index (χ2n) is 4.51. The fraction of sp³-hybridized carbons (Fsp3) is 0.0769. The van der Waals surface area contributed by atoms with E-state index >= 15 is 0 Å². The van der Waals surface area contributed by atoms with Gasteiger partial charge in [0.25, 0.3) is 15.7 Å². The summed E-state index contributed by atoms with van der Waals surface area (Å²) in [5.41, 5.74) is -0.410. The Labute approximate surface area is 138 Å². The van der Waals surface area contributed by atoms with Crippen molar-refractivity contribution in [1.82, 2.24) is 4.72 Å². The van der Waals surface area contributed by atoms with Gasteiger partial charge in [-0.2, -0.15) is 0 Å². The third-order valence-corrected chi connectivity index (χ3v) is 5.66. The number of hydrogen-bond acceptors (Lipinski definition) is 6. The van der Waals surface area contributed by atoms with Gasteiger partial charge in [0.05, 0.1) is 15.5 Å². The monoisotopic (exact) mass is 370 g/mol. The molecule has 2 N–H and O–H groups in total. The quantitative estimate of drug-likeness (QED) is 0.577. The van der Waals surface area contributed by atoms with Crippen molar-refractivity contribution >= 4 is 31.4 Å². The van der Waals surface area contributed by atoms with Gasteiger partial charge in [-0.3, -0.25) is 14.8 Å². The number of rotatable bonds is 6. The molecule has 0 bridgehead atoms.